The van der Waals surface area contributed by atoms with Gasteiger partial charge in [-0.15, -0.1) is 25.6 Å². The summed E-state index contributed by atoms with van der Waals surface area (Å²) in [5.74, 6) is -0.360. The molecule has 4 nitrogen and oxygen atoms in total. The van der Waals surface area contributed by atoms with Crippen LogP contribution in [0.2, 0.25) is 0 Å². The average Bonchev–Trinajstić information content (AvgIpc) is 2.33. The van der Waals surface area contributed by atoms with Crippen molar-refractivity contribution in [2.24, 2.45) is 11.8 Å². The number of hydrogen-bond donors (Lipinski definition) is 1. The van der Waals surface area contributed by atoms with Crippen molar-refractivity contribution in [2.75, 3.05) is 25.0 Å². The summed E-state index contributed by atoms with van der Waals surface area (Å²) in [4.78, 5) is 13.7. The molecule has 0 bridgehead atoms. The molecule has 124 valence electrons. The lowest BCUT2D eigenvalue weighted by Gasteiger charge is -2.34. The van der Waals surface area contributed by atoms with Gasteiger partial charge in [0, 0.05) is 24.7 Å². The Morgan fingerprint density at radius 2 is 2.05 bits per heavy atom. The molecule has 1 unspecified atom stereocenters. The molecule has 0 aliphatic carbocycles. The molecule has 1 N–H and O–H groups in total. The number of benzene rings is 1. The summed E-state index contributed by atoms with van der Waals surface area (Å²) >= 11 is 0. The molecule has 1 amide bonds. The molecule has 1 aromatic carbocycles. The Balaban J connectivity index is 0.00000242. The fourth-order valence-electron chi connectivity index (χ4n) is 2.19. The summed E-state index contributed by atoms with van der Waals surface area (Å²) in [5.41, 5.74) is 0.376. The van der Waals surface area contributed by atoms with Crippen molar-refractivity contribution in [3.63, 3.8) is 0 Å². The van der Waals surface area contributed by atoms with E-state index in [1.54, 1.807) is 13.1 Å². The first-order valence-electron chi connectivity index (χ1n) is 6.62. The predicted octanol–water partition coefficient (Wildman–Crippen LogP) is 2.83. The first-order chi connectivity index (χ1) is 9.78. The van der Waals surface area contributed by atoms with Crippen molar-refractivity contribution in [3.05, 3.63) is 24.3 Å². The lowest BCUT2D eigenvalue weighted by molar-refractivity contribution is -0.274. The van der Waals surface area contributed by atoms with E-state index in [9.17, 15) is 18.0 Å². The van der Waals surface area contributed by atoms with Crippen LogP contribution in [0.5, 0.6) is 5.75 Å². The number of alkyl halides is 3. The summed E-state index contributed by atoms with van der Waals surface area (Å²) in [6, 6.07) is 5.41. The number of rotatable bonds is 4. The molecule has 0 saturated carbocycles. The van der Waals surface area contributed by atoms with E-state index in [0.29, 0.717) is 5.69 Å². The van der Waals surface area contributed by atoms with Gasteiger partial charge < -0.3 is 15.0 Å². The van der Waals surface area contributed by atoms with Crippen LogP contribution in [0.3, 0.4) is 0 Å². The number of nitrogens with zero attached hydrogens (tertiary/aromatic N) is 1. The molecular formula is C14H18ClF3N2O2. The quantitative estimate of drug-likeness (QED) is 0.918. The van der Waals surface area contributed by atoms with E-state index >= 15 is 0 Å². The van der Waals surface area contributed by atoms with Crippen molar-refractivity contribution < 1.29 is 22.7 Å². The van der Waals surface area contributed by atoms with Gasteiger partial charge in [-0.25, -0.2) is 0 Å². The Morgan fingerprint density at radius 3 is 2.55 bits per heavy atom. The van der Waals surface area contributed by atoms with E-state index in [2.05, 4.69) is 10.1 Å². The zero-order valence-electron chi connectivity index (χ0n) is 12.2. The van der Waals surface area contributed by atoms with Crippen molar-refractivity contribution in [3.8, 4) is 5.75 Å². The van der Waals surface area contributed by atoms with E-state index in [-0.39, 0.29) is 35.9 Å². The van der Waals surface area contributed by atoms with Gasteiger partial charge in [0.2, 0.25) is 5.91 Å². The maximum atomic E-state index is 12.3. The van der Waals surface area contributed by atoms with Crippen LogP contribution in [0.15, 0.2) is 24.3 Å². The second-order valence-electron chi connectivity index (χ2n) is 5.15. The zero-order valence-corrected chi connectivity index (χ0v) is 13.0. The van der Waals surface area contributed by atoms with Gasteiger partial charge in [0.15, 0.2) is 0 Å². The molecule has 1 atom stereocenters. The summed E-state index contributed by atoms with van der Waals surface area (Å²) in [6.07, 6.45) is -4.74. The van der Waals surface area contributed by atoms with Gasteiger partial charge in [-0.1, -0.05) is 13.0 Å². The predicted molar refractivity (Wildman–Crippen MR) is 79.3 cm³/mol. The SMILES string of the molecule is CC(C(=O)N(C)c1cccc(OC(F)(F)F)c1)C1CNC1.Cl. The Bertz CT molecular complexity index is 521. The highest BCUT2D eigenvalue weighted by Crippen LogP contribution is 2.28. The van der Waals surface area contributed by atoms with E-state index in [1.807, 2.05) is 6.92 Å². The minimum absolute atomic E-state index is 0. The largest absolute Gasteiger partial charge is 0.573 e. The maximum Gasteiger partial charge on any atom is 0.573 e. The number of nitrogens with one attached hydrogen (secondary N) is 1. The Kier molecular flexibility index (Phi) is 6.08. The maximum absolute atomic E-state index is 12.3. The second kappa shape index (κ2) is 7.19. The van der Waals surface area contributed by atoms with Crippen LogP contribution >= 0.6 is 12.4 Å². The monoisotopic (exact) mass is 338 g/mol. The minimum Gasteiger partial charge on any atom is -0.406 e. The summed E-state index contributed by atoms with van der Waals surface area (Å²) in [5, 5.41) is 3.09. The van der Waals surface area contributed by atoms with Gasteiger partial charge in [0.1, 0.15) is 5.75 Å². The normalized spacial score (nSPS) is 16.2. The minimum atomic E-state index is -4.74. The smallest absolute Gasteiger partial charge is 0.406 e. The van der Waals surface area contributed by atoms with Crippen LogP contribution in [0, 0.1) is 11.8 Å². The van der Waals surface area contributed by atoms with E-state index in [0.717, 1.165) is 13.1 Å². The molecule has 1 heterocycles. The molecule has 0 radical (unpaired) electrons. The van der Waals surface area contributed by atoms with E-state index in [4.69, 9.17) is 0 Å². The van der Waals surface area contributed by atoms with Crippen LogP contribution in [-0.4, -0.2) is 32.4 Å². The summed E-state index contributed by atoms with van der Waals surface area (Å²) in [6.45, 7) is 3.41. The highest BCUT2D eigenvalue weighted by atomic mass is 35.5. The number of amides is 1. The molecule has 1 aromatic rings. The first kappa shape index (κ1) is 18.6. The number of hydrogen-bond acceptors (Lipinski definition) is 3. The van der Waals surface area contributed by atoms with Crippen LogP contribution in [0.25, 0.3) is 0 Å². The molecular weight excluding hydrogens is 321 g/mol. The molecule has 22 heavy (non-hydrogen) atoms. The lowest BCUT2D eigenvalue weighted by Crippen LogP contribution is -2.50. The summed E-state index contributed by atoms with van der Waals surface area (Å²) < 4.78 is 40.5. The van der Waals surface area contributed by atoms with Gasteiger partial charge in [-0.3, -0.25) is 4.79 Å². The third-order valence-corrected chi connectivity index (χ3v) is 3.68. The number of carbonyl (C=O) groups is 1. The van der Waals surface area contributed by atoms with Gasteiger partial charge in [-0.2, -0.15) is 0 Å². The molecule has 0 spiro atoms. The highest BCUT2D eigenvalue weighted by molar-refractivity contribution is 5.94. The van der Waals surface area contributed by atoms with E-state index in [1.165, 1.54) is 23.1 Å². The second-order valence-corrected chi connectivity index (χ2v) is 5.15. The van der Waals surface area contributed by atoms with Crippen LogP contribution in [0.4, 0.5) is 18.9 Å². The molecule has 1 saturated heterocycles. The first-order valence-corrected chi connectivity index (χ1v) is 6.62. The van der Waals surface area contributed by atoms with Gasteiger partial charge in [0.05, 0.1) is 0 Å². The van der Waals surface area contributed by atoms with Crippen LogP contribution in [0.1, 0.15) is 6.92 Å². The molecule has 1 fully saturated rings. The zero-order chi connectivity index (χ0) is 15.6. The van der Waals surface area contributed by atoms with Crippen molar-refractivity contribution in [1.29, 1.82) is 0 Å². The molecule has 8 heteroatoms. The third-order valence-electron chi connectivity index (χ3n) is 3.68. The van der Waals surface area contributed by atoms with Crippen LogP contribution < -0.4 is 15.0 Å². The number of ether oxygens (including phenoxy) is 1. The van der Waals surface area contributed by atoms with Crippen molar-refractivity contribution in [2.45, 2.75) is 13.3 Å². The fourth-order valence-corrected chi connectivity index (χ4v) is 2.19. The molecule has 2 rings (SSSR count). The number of anilines is 1. The Labute approximate surface area is 133 Å². The molecule has 1 aliphatic heterocycles. The van der Waals surface area contributed by atoms with Crippen LogP contribution in [-0.2, 0) is 4.79 Å². The topological polar surface area (TPSA) is 41.6 Å². The van der Waals surface area contributed by atoms with Gasteiger partial charge in [-0.05, 0) is 31.1 Å². The van der Waals surface area contributed by atoms with Crippen molar-refractivity contribution >= 4 is 24.0 Å². The highest BCUT2D eigenvalue weighted by Gasteiger charge is 2.32. The number of carbonyl (C=O) groups excluding carboxylic acids is 1. The molecule has 0 aromatic heterocycles. The average molecular weight is 339 g/mol. The van der Waals surface area contributed by atoms with E-state index < -0.39 is 6.36 Å². The fraction of sp³-hybridized carbons (Fsp3) is 0.500. The standard InChI is InChI=1S/C14H17F3N2O2.ClH/c1-9(10-7-18-8-10)13(20)19(2)11-4-3-5-12(6-11)21-14(15,16)17;/h3-6,9-10,18H,7-8H2,1-2H3;1H. The Morgan fingerprint density at radius 1 is 1.41 bits per heavy atom. The van der Waals surface area contributed by atoms with Crippen molar-refractivity contribution in [1.82, 2.24) is 5.32 Å². The van der Waals surface area contributed by atoms with Gasteiger partial charge in [0.25, 0.3) is 0 Å². The number of halogens is 4. The van der Waals surface area contributed by atoms with Gasteiger partial charge >= 0.3 is 6.36 Å². The third kappa shape index (κ3) is 4.51. The Hall–Kier alpha value is -1.47. The summed E-state index contributed by atoms with van der Waals surface area (Å²) in [7, 11) is 1.55. The molecule has 1 aliphatic rings. The lowest BCUT2D eigenvalue weighted by atomic mass is 9.88.